The van der Waals surface area contributed by atoms with Crippen LogP contribution in [0.4, 0.5) is 0 Å². The predicted molar refractivity (Wildman–Crippen MR) is 165 cm³/mol. The molecule has 1 aromatic heterocycles. The van der Waals surface area contributed by atoms with E-state index in [2.05, 4.69) is 13.8 Å². The number of carbonyl (C=O) groups excluding carboxylic acids is 1. The van der Waals surface area contributed by atoms with Crippen LogP contribution in [0.2, 0.25) is 0 Å². The lowest BCUT2D eigenvalue weighted by atomic mass is 10.0. The summed E-state index contributed by atoms with van der Waals surface area (Å²) < 4.78 is 7.04. The third-order valence-corrected chi connectivity index (χ3v) is 7.72. The normalized spacial score (nSPS) is 12.1. The lowest BCUT2D eigenvalue weighted by Gasteiger charge is -2.32. The van der Waals surface area contributed by atoms with Gasteiger partial charge in [-0.3, -0.25) is 14.2 Å². The molecular formula is C34H49N3O3. The van der Waals surface area contributed by atoms with Crippen molar-refractivity contribution in [1.29, 1.82) is 0 Å². The molecule has 2 aromatic carbocycles. The van der Waals surface area contributed by atoms with E-state index < -0.39 is 0 Å². The summed E-state index contributed by atoms with van der Waals surface area (Å²) in [6.45, 7) is 7.49. The number of hydrogen-bond donors (Lipinski definition) is 0. The maximum Gasteiger partial charge on any atom is 0.266 e. The molecule has 6 heteroatoms. The van der Waals surface area contributed by atoms with Crippen LogP contribution in [0.3, 0.4) is 0 Å². The van der Waals surface area contributed by atoms with Crippen LogP contribution in [0.15, 0.2) is 53.3 Å². The SMILES string of the molecule is CCCCCCCCCCCC(=O)N(CCCOC)C(CC)c1nc2ccccc2c(=O)n1-c1ccc(C)cc1. The smallest absolute Gasteiger partial charge is 0.266 e. The maximum atomic E-state index is 13.9. The van der Waals surface area contributed by atoms with E-state index in [9.17, 15) is 9.59 Å². The van der Waals surface area contributed by atoms with Crippen LogP contribution in [0.1, 0.15) is 108 Å². The number of fused-ring (bicyclic) bond motifs is 1. The number of aromatic nitrogens is 2. The molecule has 0 radical (unpaired) electrons. The fourth-order valence-corrected chi connectivity index (χ4v) is 5.42. The molecule has 0 aliphatic rings. The fourth-order valence-electron chi connectivity index (χ4n) is 5.42. The van der Waals surface area contributed by atoms with Gasteiger partial charge >= 0.3 is 0 Å². The van der Waals surface area contributed by atoms with Crippen molar-refractivity contribution in [3.63, 3.8) is 0 Å². The Balaban J connectivity index is 1.86. The van der Waals surface area contributed by atoms with E-state index in [1.807, 2.05) is 60.4 Å². The fraction of sp³-hybridized carbons (Fsp3) is 0.559. The highest BCUT2D eigenvalue weighted by Gasteiger charge is 2.28. The van der Waals surface area contributed by atoms with Crippen molar-refractivity contribution in [2.45, 2.75) is 104 Å². The summed E-state index contributed by atoms with van der Waals surface area (Å²) in [5, 5.41) is 0.577. The number of rotatable bonds is 18. The molecule has 0 saturated heterocycles. The zero-order valence-electron chi connectivity index (χ0n) is 25.2. The van der Waals surface area contributed by atoms with Gasteiger partial charge in [-0.05, 0) is 50.5 Å². The van der Waals surface area contributed by atoms with Crippen molar-refractivity contribution in [1.82, 2.24) is 14.5 Å². The molecule has 1 heterocycles. The van der Waals surface area contributed by atoms with Crippen LogP contribution in [0.5, 0.6) is 0 Å². The van der Waals surface area contributed by atoms with Crippen LogP contribution < -0.4 is 5.56 Å². The number of nitrogens with zero attached hydrogens (tertiary/aromatic N) is 3. The van der Waals surface area contributed by atoms with Gasteiger partial charge in [-0.25, -0.2) is 4.98 Å². The van der Waals surface area contributed by atoms with Crippen molar-refractivity contribution < 1.29 is 9.53 Å². The number of methoxy groups -OCH3 is 1. The van der Waals surface area contributed by atoms with Gasteiger partial charge in [0.05, 0.1) is 22.6 Å². The van der Waals surface area contributed by atoms with Gasteiger partial charge in [-0.15, -0.1) is 0 Å². The van der Waals surface area contributed by atoms with E-state index >= 15 is 0 Å². The summed E-state index contributed by atoms with van der Waals surface area (Å²) in [5.41, 5.74) is 2.45. The highest BCUT2D eigenvalue weighted by molar-refractivity contribution is 5.79. The largest absolute Gasteiger partial charge is 0.385 e. The Labute approximate surface area is 240 Å². The van der Waals surface area contributed by atoms with Gasteiger partial charge in [0, 0.05) is 26.7 Å². The van der Waals surface area contributed by atoms with E-state index in [-0.39, 0.29) is 17.5 Å². The van der Waals surface area contributed by atoms with Crippen LogP contribution in [0.25, 0.3) is 16.6 Å². The Hall–Kier alpha value is -2.99. The molecule has 0 spiro atoms. The van der Waals surface area contributed by atoms with Crippen molar-refractivity contribution in [2.24, 2.45) is 0 Å². The summed E-state index contributed by atoms with van der Waals surface area (Å²) >= 11 is 0. The first-order valence-electron chi connectivity index (χ1n) is 15.4. The van der Waals surface area contributed by atoms with Gasteiger partial charge in [0.2, 0.25) is 5.91 Å². The highest BCUT2D eigenvalue weighted by Crippen LogP contribution is 2.27. The van der Waals surface area contributed by atoms with Gasteiger partial charge < -0.3 is 9.64 Å². The highest BCUT2D eigenvalue weighted by atomic mass is 16.5. The first-order chi connectivity index (χ1) is 19.5. The monoisotopic (exact) mass is 547 g/mol. The maximum absolute atomic E-state index is 13.9. The summed E-state index contributed by atoms with van der Waals surface area (Å²) in [7, 11) is 1.69. The number of amides is 1. The molecule has 40 heavy (non-hydrogen) atoms. The summed E-state index contributed by atoms with van der Waals surface area (Å²) in [5.74, 6) is 0.747. The van der Waals surface area contributed by atoms with Gasteiger partial charge in [0.1, 0.15) is 5.82 Å². The quantitative estimate of drug-likeness (QED) is 0.152. The number of benzene rings is 2. The minimum atomic E-state index is -0.318. The molecule has 3 rings (SSSR count). The van der Waals surface area contributed by atoms with Crippen molar-refractivity contribution in [2.75, 3.05) is 20.3 Å². The van der Waals surface area contributed by atoms with Crippen LogP contribution >= 0.6 is 0 Å². The van der Waals surface area contributed by atoms with Gasteiger partial charge in [-0.2, -0.15) is 0 Å². The summed E-state index contributed by atoms with van der Waals surface area (Å²) in [6.07, 6.45) is 12.8. The Bertz CT molecular complexity index is 1240. The van der Waals surface area contributed by atoms with Gasteiger partial charge in [-0.1, -0.05) is 95.0 Å². The van der Waals surface area contributed by atoms with Crippen LogP contribution in [-0.4, -0.2) is 40.6 Å². The second-order valence-electron chi connectivity index (χ2n) is 10.9. The zero-order valence-corrected chi connectivity index (χ0v) is 25.2. The Morgan fingerprint density at radius 3 is 2.20 bits per heavy atom. The van der Waals surface area contributed by atoms with Crippen molar-refractivity contribution in [3.05, 3.63) is 70.3 Å². The van der Waals surface area contributed by atoms with E-state index in [1.54, 1.807) is 11.7 Å². The average Bonchev–Trinajstić information content (AvgIpc) is 2.96. The molecule has 1 atom stereocenters. The Kier molecular flexibility index (Phi) is 13.4. The molecule has 0 fully saturated rings. The third-order valence-electron chi connectivity index (χ3n) is 7.72. The second-order valence-corrected chi connectivity index (χ2v) is 10.9. The molecule has 6 nitrogen and oxygen atoms in total. The van der Waals surface area contributed by atoms with E-state index in [1.165, 1.54) is 44.9 Å². The van der Waals surface area contributed by atoms with Crippen molar-refractivity contribution >= 4 is 16.8 Å². The van der Waals surface area contributed by atoms with E-state index in [4.69, 9.17) is 9.72 Å². The summed E-state index contributed by atoms with van der Waals surface area (Å²) in [4.78, 5) is 34.6. The molecule has 3 aromatic rings. The van der Waals surface area contributed by atoms with E-state index in [0.717, 1.165) is 30.5 Å². The number of aryl methyl sites for hydroxylation is 1. The Morgan fingerprint density at radius 1 is 0.900 bits per heavy atom. The topological polar surface area (TPSA) is 64.4 Å². The van der Waals surface area contributed by atoms with Gasteiger partial charge in [0.15, 0.2) is 0 Å². The minimum Gasteiger partial charge on any atom is -0.385 e. The van der Waals surface area contributed by atoms with Crippen LogP contribution in [0, 0.1) is 6.92 Å². The standard InChI is InChI=1S/C34H49N3O3/c1-5-7-8-9-10-11-12-13-14-20-32(38)36(25-17-26-40-4)31(6-2)33-35-30-19-16-15-18-29(30)34(39)37(33)28-23-21-27(3)22-24-28/h15-16,18-19,21-24,31H,5-14,17,20,25-26H2,1-4H3. The molecule has 0 aliphatic carbocycles. The molecule has 218 valence electrons. The number of carbonyl (C=O) groups is 1. The Morgan fingerprint density at radius 2 is 1.55 bits per heavy atom. The molecule has 1 unspecified atom stereocenters. The molecule has 0 N–H and O–H groups in total. The lowest BCUT2D eigenvalue weighted by Crippen LogP contribution is -2.39. The first-order valence-corrected chi connectivity index (χ1v) is 15.4. The average molecular weight is 548 g/mol. The van der Waals surface area contributed by atoms with Gasteiger partial charge in [0.25, 0.3) is 5.56 Å². The molecule has 0 bridgehead atoms. The lowest BCUT2D eigenvalue weighted by molar-refractivity contribution is -0.134. The molecular weight excluding hydrogens is 498 g/mol. The third kappa shape index (κ3) is 8.76. The molecule has 0 saturated carbocycles. The number of para-hydroxylation sites is 1. The number of ether oxygens (including phenoxy) is 1. The van der Waals surface area contributed by atoms with Crippen molar-refractivity contribution in [3.8, 4) is 5.69 Å². The van der Waals surface area contributed by atoms with Crippen LogP contribution in [-0.2, 0) is 9.53 Å². The first kappa shape index (κ1) is 31.5. The zero-order chi connectivity index (χ0) is 28.7. The number of unbranched alkanes of at least 4 members (excludes halogenated alkanes) is 8. The molecule has 0 aliphatic heterocycles. The number of hydrogen-bond acceptors (Lipinski definition) is 4. The minimum absolute atomic E-state index is 0.105. The second kappa shape index (κ2) is 17.0. The van der Waals surface area contributed by atoms with E-state index in [0.29, 0.717) is 42.7 Å². The predicted octanol–water partition coefficient (Wildman–Crippen LogP) is 7.93. The molecule has 1 amide bonds. The summed E-state index contributed by atoms with van der Waals surface area (Å²) in [6, 6.07) is 15.1.